The third-order valence-electron chi connectivity index (χ3n) is 2.74. The Kier molecular flexibility index (Phi) is 7.34. The maximum absolute atomic E-state index is 11.1. The van der Waals surface area contributed by atoms with Gasteiger partial charge in [-0.15, -0.1) is 0 Å². The molecule has 0 aliphatic rings. The first-order valence-electron chi connectivity index (χ1n) is 6.06. The molecule has 0 aromatic heterocycles. The van der Waals surface area contributed by atoms with Crippen LogP contribution < -0.4 is 5.32 Å². The third-order valence-corrected chi connectivity index (χ3v) is 2.74. The fourth-order valence-electron chi connectivity index (χ4n) is 1.62. The minimum Gasteiger partial charge on any atom is -0.480 e. The van der Waals surface area contributed by atoms with Gasteiger partial charge >= 0.3 is 5.97 Å². The molecular formula is C12H25NO3. The first kappa shape index (κ1) is 15.4. The summed E-state index contributed by atoms with van der Waals surface area (Å²) in [7, 11) is 0. The van der Waals surface area contributed by atoms with Crippen LogP contribution >= 0.6 is 0 Å². The topological polar surface area (TPSA) is 58.6 Å². The Labute approximate surface area is 98.4 Å². The molecule has 0 heterocycles. The Morgan fingerprint density at radius 3 is 2.56 bits per heavy atom. The van der Waals surface area contributed by atoms with Crippen LogP contribution in [0.3, 0.4) is 0 Å². The standard InChI is InChI=1S/C12H25NO3/c1-5-7-10(3)16-9-8-12(4,11(14)15)13-6-2/h10,13H,5-9H2,1-4H3,(H,14,15). The van der Waals surface area contributed by atoms with Crippen molar-refractivity contribution in [3.8, 4) is 0 Å². The Morgan fingerprint density at radius 1 is 1.50 bits per heavy atom. The van der Waals surface area contributed by atoms with E-state index in [9.17, 15) is 4.79 Å². The van der Waals surface area contributed by atoms with E-state index < -0.39 is 11.5 Å². The number of carboxylic acids is 1. The molecule has 0 fully saturated rings. The van der Waals surface area contributed by atoms with Crippen LogP contribution in [-0.2, 0) is 9.53 Å². The van der Waals surface area contributed by atoms with E-state index in [1.165, 1.54) is 0 Å². The number of likely N-dealkylation sites (N-methyl/N-ethyl adjacent to an activating group) is 1. The van der Waals surface area contributed by atoms with Crippen molar-refractivity contribution >= 4 is 5.97 Å². The molecule has 0 aliphatic carbocycles. The van der Waals surface area contributed by atoms with Gasteiger partial charge in [0.15, 0.2) is 0 Å². The zero-order valence-electron chi connectivity index (χ0n) is 10.9. The first-order valence-corrected chi connectivity index (χ1v) is 6.06. The second-order valence-electron chi connectivity index (χ2n) is 4.39. The van der Waals surface area contributed by atoms with Crippen LogP contribution in [0.25, 0.3) is 0 Å². The number of aliphatic carboxylic acids is 1. The minimum atomic E-state index is -0.874. The van der Waals surface area contributed by atoms with Crippen molar-refractivity contribution in [3.63, 3.8) is 0 Å². The molecule has 0 saturated carbocycles. The SMILES string of the molecule is CCCC(C)OCCC(C)(NCC)C(=O)O. The van der Waals surface area contributed by atoms with Gasteiger partial charge in [-0.2, -0.15) is 0 Å². The monoisotopic (exact) mass is 231 g/mol. The van der Waals surface area contributed by atoms with Crippen LogP contribution in [0, 0.1) is 0 Å². The van der Waals surface area contributed by atoms with Crippen LogP contribution in [0.1, 0.15) is 47.0 Å². The molecule has 4 heteroatoms. The molecule has 4 nitrogen and oxygen atoms in total. The van der Waals surface area contributed by atoms with Gasteiger partial charge < -0.3 is 15.2 Å². The lowest BCUT2D eigenvalue weighted by Gasteiger charge is -2.26. The van der Waals surface area contributed by atoms with Gasteiger partial charge in [-0.3, -0.25) is 4.79 Å². The molecule has 2 N–H and O–H groups in total. The number of carboxylic acid groups (broad SMARTS) is 1. The Bertz CT molecular complexity index is 208. The smallest absolute Gasteiger partial charge is 0.323 e. The van der Waals surface area contributed by atoms with Crippen molar-refractivity contribution in [1.29, 1.82) is 0 Å². The Morgan fingerprint density at radius 2 is 2.12 bits per heavy atom. The lowest BCUT2D eigenvalue weighted by molar-refractivity contribution is -0.145. The van der Waals surface area contributed by atoms with E-state index in [1.54, 1.807) is 6.92 Å². The third kappa shape index (κ3) is 5.47. The molecule has 2 unspecified atom stereocenters. The summed E-state index contributed by atoms with van der Waals surface area (Å²) in [4.78, 5) is 11.1. The van der Waals surface area contributed by atoms with Crippen LogP contribution in [0.15, 0.2) is 0 Å². The van der Waals surface area contributed by atoms with Crippen molar-refractivity contribution in [2.75, 3.05) is 13.2 Å². The lowest BCUT2D eigenvalue weighted by atomic mass is 9.98. The van der Waals surface area contributed by atoms with Gasteiger partial charge in [-0.25, -0.2) is 0 Å². The molecule has 0 aromatic carbocycles. The fourth-order valence-corrected chi connectivity index (χ4v) is 1.62. The van der Waals surface area contributed by atoms with Crippen molar-refractivity contribution in [1.82, 2.24) is 5.32 Å². The van der Waals surface area contributed by atoms with E-state index in [-0.39, 0.29) is 6.10 Å². The van der Waals surface area contributed by atoms with Crippen molar-refractivity contribution in [2.45, 2.75) is 58.6 Å². The molecule has 0 saturated heterocycles. The highest BCUT2D eigenvalue weighted by molar-refractivity contribution is 5.78. The number of hydrogen-bond acceptors (Lipinski definition) is 3. The lowest BCUT2D eigenvalue weighted by Crippen LogP contribution is -2.50. The molecule has 0 spiro atoms. The molecule has 0 amide bonds. The van der Waals surface area contributed by atoms with E-state index in [1.807, 2.05) is 13.8 Å². The molecule has 16 heavy (non-hydrogen) atoms. The Hall–Kier alpha value is -0.610. The average molecular weight is 231 g/mol. The quantitative estimate of drug-likeness (QED) is 0.637. The van der Waals surface area contributed by atoms with Gasteiger partial charge in [0.25, 0.3) is 0 Å². The van der Waals surface area contributed by atoms with Gasteiger partial charge in [0.2, 0.25) is 0 Å². The Balaban J connectivity index is 3.99. The number of carbonyl (C=O) groups is 1. The predicted molar refractivity (Wildman–Crippen MR) is 64.7 cm³/mol. The molecule has 0 radical (unpaired) electrons. The number of hydrogen-bond donors (Lipinski definition) is 2. The maximum Gasteiger partial charge on any atom is 0.323 e. The summed E-state index contributed by atoms with van der Waals surface area (Å²) in [5.41, 5.74) is -0.874. The molecule has 0 aromatic rings. The summed E-state index contributed by atoms with van der Waals surface area (Å²) in [5, 5.41) is 12.1. The second-order valence-corrected chi connectivity index (χ2v) is 4.39. The van der Waals surface area contributed by atoms with E-state index >= 15 is 0 Å². The highest BCUT2D eigenvalue weighted by Gasteiger charge is 2.31. The van der Waals surface area contributed by atoms with Crippen molar-refractivity contribution < 1.29 is 14.6 Å². The largest absolute Gasteiger partial charge is 0.480 e. The van der Waals surface area contributed by atoms with E-state index in [2.05, 4.69) is 12.2 Å². The highest BCUT2D eigenvalue weighted by Crippen LogP contribution is 2.11. The van der Waals surface area contributed by atoms with Gasteiger partial charge in [0.05, 0.1) is 6.10 Å². The summed E-state index contributed by atoms with van der Waals surface area (Å²) in [6.45, 7) is 8.87. The van der Waals surface area contributed by atoms with Crippen LogP contribution in [0.5, 0.6) is 0 Å². The summed E-state index contributed by atoms with van der Waals surface area (Å²) in [6.07, 6.45) is 2.81. The molecule has 2 atom stereocenters. The zero-order chi connectivity index (χ0) is 12.6. The maximum atomic E-state index is 11.1. The molecule has 0 rings (SSSR count). The molecule has 96 valence electrons. The van der Waals surface area contributed by atoms with Crippen molar-refractivity contribution in [3.05, 3.63) is 0 Å². The first-order chi connectivity index (χ1) is 7.46. The molecule has 0 bridgehead atoms. The summed E-state index contributed by atoms with van der Waals surface area (Å²) < 4.78 is 5.57. The van der Waals surface area contributed by atoms with Crippen LogP contribution in [0.4, 0.5) is 0 Å². The number of nitrogens with one attached hydrogen (secondary N) is 1. The number of rotatable bonds is 9. The number of ether oxygens (including phenoxy) is 1. The summed E-state index contributed by atoms with van der Waals surface area (Å²) in [6, 6.07) is 0. The van der Waals surface area contributed by atoms with E-state index in [0.717, 1.165) is 12.8 Å². The molecular weight excluding hydrogens is 206 g/mol. The van der Waals surface area contributed by atoms with Crippen LogP contribution in [-0.4, -0.2) is 35.9 Å². The highest BCUT2D eigenvalue weighted by atomic mass is 16.5. The second kappa shape index (κ2) is 7.63. The van der Waals surface area contributed by atoms with E-state index in [0.29, 0.717) is 19.6 Å². The molecule has 0 aliphatic heterocycles. The van der Waals surface area contributed by atoms with E-state index in [4.69, 9.17) is 9.84 Å². The van der Waals surface area contributed by atoms with Gasteiger partial charge in [0.1, 0.15) is 5.54 Å². The normalized spacial score (nSPS) is 16.8. The van der Waals surface area contributed by atoms with Gasteiger partial charge in [0, 0.05) is 6.61 Å². The zero-order valence-corrected chi connectivity index (χ0v) is 10.9. The predicted octanol–water partition coefficient (Wildman–Crippen LogP) is 2.03. The van der Waals surface area contributed by atoms with Crippen LogP contribution in [0.2, 0.25) is 0 Å². The summed E-state index contributed by atoms with van der Waals surface area (Å²) in [5.74, 6) is -0.818. The van der Waals surface area contributed by atoms with Gasteiger partial charge in [-0.05, 0) is 33.2 Å². The van der Waals surface area contributed by atoms with Gasteiger partial charge in [-0.1, -0.05) is 20.3 Å². The average Bonchev–Trinajstić information content (AvgIpc) is 2.18. The fraction of sp³-hybridized carbons (Fsp3) is 0.917. The van der Waals surface area contributed by atoms with Crippen molar-refractivity contribution in [2.24, 2.45) is 0 Å². The summed E-state index contributed by atoms with van der Waals surface area (Å²) >= 11 is 0. The minimum absolute atomic E-state index is 0.213.